The van der Waals surface area contributed by atoms with Crippen LogP contribution in [0.1, 0.15) is 32.1 Å². The number of rotatable bonds is 11. The Hall–Kier alpha value is -1.38. The van der Waals surface area contributed by atoms with E-state index in [9.17, 15) is 14.4 Å². The van der Waals surface area contributed by atoms with Crippen molar-refractivity contribution in [1.82, 2.24) is 5.32 Å². The highest BCUT2D eigenvalue weighted by Crippen LogP contribution is 2.01. The number of aliphatic carboxylic acids is 3. The van der Waals surface area contributed by atoms with E-state index in [4.69, 9.17) is 21.1 Å². The number of halogens is 1. The Morgan fingerprint density at radius 2 is 1.60 bits per heavy atom. The van der Waals surface area contributed by atoms with Gasteiger partial charge in [0.1, 0.15) is 12.1 Å². The van der Waals surface area contributed by atoms with E-state index in [1.165, 1.54) is 0 Å². The second-order valence-corrected chi connectivity index (χ2v) is 4.22. The minimum atomic E-state index is -1.09. The first-order valence-corrected chi connectivity index (χ1v) is 6.01. The highest BCUT2D eigenvalue weighted by molar-refractivity contribution is 5.85. The molecule has 0 spiro atoms. The summed E-state index contributed by atoms with van der Waals surface area (Å²) in [7, 11) is 0. The van der Waals surface area contributed by atoms with Crippen molar-refractivity contribution in [2.45, 2.75) is 44.2 Å². The molecule has 0 saturated heterocycles. The monoisotopic (exact) mass is 312 g/mol. The van der Waals surface area contributed by atoms with Crippen LogP contribution >= 0.6 is 12.4 Å². The number of nitrogens with one attached hydrogen (secondary N) is 1. The molecule has 0 fully saturated rings. The molecular formula is C11H21ClN2O6. The second-order valence-electron chi connectivity index (χ2n) is 4.22. The molecule has 0 unspecified atom stereocenters. The van der Waals surface area contributed by atoms with Gasteiger partial charge in [-0.3, -0.25) is 14.4 Å². The van der Waals surface area contributed by atoms with Crippen molar-refractivity contribution < 1.29 is 29.7 Å². The molecule has 0 radical (unpaired) electrons. The molecule has 6 N–H and O–H groups in total. The van der Waals surface area contributed by atoms with E-state index in [2.05, 4.69) is 5.32 Å². The van der Waals surface area contributed by atoms with Crippen molar-refractivity contribution in [2.75, 3.05) is 6.54 Å². The molecule has 0 aliphatic rings. The van der Waals surface area contributed by atoms with Gasteiger partial charge in [-0.05, 0) is 25.8 Å². The van der Waals surface area contributed by atoms with Gasteiger partial charge in [0.05, 0.1) is 0 Å². The van der Waals surface area contributed by atoms with Crippen molar-refractivity contribution in [3.63, 3.8) is 0 Å². The molecule has 8 nitrogen and oxygen atoms in total. The van der Waals surface area contributed by atoms with E-state index in [0.717, 1.165) is 0 Å². The van der Waals surface area contributed by atoms with E-state index in [0.29, 0.717) is 25.8 Å². The van der Waals surface area contributed by atoms with Gasteiger partial charge in [-0.15, -0.1) is 12.4 Å². The van der Waals surface area contributed by atoms with Crippen LogP contribution in [0.3, 0.4) is 0 Å². The highest BCUT2D eigenvalue weighted by atomic mass is 35.5. The van der Waals surface area contributed by atoms with Crippen LogP contribution in [0.15, 0.2) is 0 Å². The smallest absolute Gasteiger partial charge is 0.320 e. The molecule has 20 heavy (non-hydrogen) atoms. The summed E-state index contributed by atoms with van der Waals surface area (Å²) in [6.07, 6.45) is 1.26. The molecule has 2 atom stereocenters. The maximum atomic E-state index is 10.8. The van der Waals surface area contributed by atoms with Gasteiger partial charge >= 0.3 is 17.9 Å². The SMILES string of the molecule is Cl.N[C@@H](CCCCN[C@@H](CCC(=O)O)C(=O)O)C(=O)O. The third-order valence-electron chi connectivity index (χ3n) is 2.59. The van der Waals surface area contributed by atoms with Gasteiger partial charge in [-0.25, -0.2) is 0 Å². The molecule has 0 bridgehead atoms. The molecule has 0 aromatic carbocycles. The Kier molecular flexibility index (Phi) is 12.0. The first kappa shape index (κ1) is 20.9. The fourth-order valence-corrected chi connectivity index (χ4v) is 1.47. The van der Waals surface area contributed by atoms with Gasteiger partial charge < -0.3 is 26.4 Å². The summed E-state index contributed by atoms with van der Waals surface area (Å²) in [5, 5.41) is 28.6. The maximum absolute atomic E-state index is 10.8. The van der Waals surface area contributed by atoms with Crippen LogP contribution in [-0.2, 0) is 14.4 Å². The van der Waals surface area contributed by atoms with Crippen LogP contribution in [0, 0.1) is 0 Å². The van der Waals surface area contributed by atoms with Crippen molar-refractivity contribution in [3.05, 3.63) is 0 Å². The largest absolute Gasteiger partial charge is 0.481 e. The molecule has 118 valence electrons. The van der Waals surface area contributed by atoms with Gasteiger partial charge in [-0.2, -0.15) is 0 Å². The summed E-state index contributed by atoms with van der Waals surface area (Å²) in [6.45, 7) is 0.378. The normalized spacial score (nSPS) is 13.1. The van der Waals surface area contributed by atoms with Crippen molar-refractivity contribution >= 4 is 30.3 Å². The third-order valence-corrected chi connectivity index (χ3v) is 2.59. The molecule has 0 aliphatic carbocycles. The fraction of sp³-hybridized carbons (Fsp3) is 0.727. The zero-order chi connectivity index (χ0) is 14.8. The van der Waals surface area contributed by atoms with E-state index in [1.807, 2.05) is 0 Å². The van der Waals surface area contributed by atoms with Gasteiger partial charge in [0.15, 0.2) is 0 Å². The summed E-state index contributed by atoms with van der Waals surface area (Å²) >= 11 is 0. The lowest BCUT2D eigenvalue weighted by atomic mass is 10.1. The number of nitrogens with two attached hydrogens (primary N) is 1. The first-order chi connectivity index (χ1) is 8.84. The molecule has 0 saturated carbocycles. The standard InChI is InChI=1S/C11H20N2O6.ClH/c12-7(10(16)17)3-1-2-6-13-8(11(18)19)4-5-9(14)15;/h7-8,13H,1-6,12H2,(H,14,15)(H,16,17)(H,18,19);1H/t7-,8-;/m0./s1. The van der Waals surface area contributed by atoms with Crippen LogP contribution < -0.4 is 11.1 Å². The average molecular weight is 313 g/mol. The predicted molar refractivity (Wildman–Crippen MR) is 73.0 cm³/mol. The minimum absolute atomic E-state index is 0. The Labute approximate surface area is 122 Å². The topological polar surface area (TPSA) is 150 Å². The van der Waals surface area contributed by atoms with Crippen molar-refractivity contribution in [1.29, 1.82) is 0 Å². The lowest BCUT2D eigenvalue weighted by molar-refractivity contribution is -0.141. The fourth-order valence-electron chi connectivity index (χ4n) is 1.47. The van der Waals surface area contributed by atoms with Crippen molar-refractivity contribution in [3.8, 4) is 0 Å². The van der Waals surface area contributed by atoms with Crippen LogP contribution in [0.2, 0.25) is 0 Å². The number of hydrogen-bond acceptors (Lipinski definition) is 5. The molecule has 0 aromatic rings. The lowest BCUT2D eigenvalue weighted by Gasteiger charge is -2.13. The number of carboxylic acid groups (broad SMARTS) is 3. The quantitative estimate of drug-likeness (QED) is 0.332. The Morgan fingerprint density at radius 3 is 2.05 bits per heavy atom. The van der Waals surface area contributed by atoms with Gasteiger partial charge in [-0.1, -0.05) is 6.42 Å². The zero-order valence-electron chi connectivity index (χ0n) is 10.9. The van der Waals surface area contributed by atoms with Gasteiger partial charge in [0.25, 0.3) is 0 Å². The molecule has 0 aliphatic heterocycles. The minimum Gasteiger partial charge on any atom is -0.481 e. The maximum Gasteiger partial charge on any atom is 0.320 e. The summed E-state index contributed by atoms with van der Waals surface area (Å²) in [4.78, 5) is 31.6. The highest BCUT2D eigenvalue weighted by Gasteiger charge is 2.17. The number of carboxylic acids is 3. The Bertz CT molecular complexity index is 326. The van der Waals surface area contributed by atoms with E-state index < -0.39 is 30.0 Å². The van der Waals surface area contributed by atoms with Crippen LogP contribution in [-0.4, -0.2) is 51.9 Å². The molecule has 0 rings (SSSR count). The molecular weight excluding hydrogens is 292 g/mol. The Morgan fingerprint density at radius 1 is 1.00 bits per heavy atom. The lowest BCUT2D eigenvalue weighted by Crippen LogP contribution is -2.37. The summed E-state index contributed by atoms with van der Waals surface area (Å²) < 4.78 is 0. The number of unbranched alkanes of at least 4 members (excludes halogenated alkanes) is 1. The van der Waals surface area contributed by atoms with Crippen LogP contribution in [0.25, 0.3) is 0 Å². The third kappa shape index (κ3) is 10.5. The van der Waals surface area contributed by atoms with E-state index in [-0.39, 0.29) is 25.2 Å². The van der Waals surface area contributed by atoms with Crippen LogP contribution in [0.4, 0.5) is 0 Å². The molecule has 9 heteroatoms. The van der Waals surface area contributed by atoms with Gasteiger partial charge in [0, 0.05) is 6.42 Å². The molecule has 0 amide bonds. The first-order valence-electron chi connectivity index (χ1n) is 6.01. The van der Waals surface area contributed by atoms with E-state index in [1.54, 1.807) is 0 Å². The number of hydrogen-bond donors (Lipinski definition) is 5. The Balaban J connectivity index is 0. The van der Waals surface area contributed by atoms with Crippen LogP contribution in [0.5, 0.6) is 0 Å². The molecule has 0 heterocycles. The van der Waals surface area contributed by atoms with E-state index >= 15 is 0 Å². The zero-order valence-corrected chi connectivity index (χ0v) is 11.8. The second kappa shape index (κ2) is 11.4. The summed E-state index contributed by atoms with van der Waals surface area (Å²) in [6, 6.07) is -1.80. The average Bonchev–Trinajstić information content (AvgIpc) is 2.31. The number of carbonyl (C=O) groups is 3. The van der Waals surface area contributed by atoms with Crippen molar-refractivity contribution in [2.24, 2.45) is 5.73 Å². The van der Waals surface area contributed by atoms with Gasteiger partial charge in [0.2, 0.25) is 0 Å². The summed E-state index contributed by atoms with van der Waals surface area (Å²) in [5.74, 6) is -3.19. The molecule has 0 aromatic heterocycles. The summed E-state index contributed by atoms with van der Waals surface area (Å²) in [5.41, 5.74) is 5.31. The predicted octanol–water partition coefficient (Wildman–Crippen LogP) is -0.102.